The van der Waals surface area contributed by atoms with Crippen molar-refractivity contribution in [2.45, 2.75) is 6.18 Å². The van der Waals surface area contributed by atoms with E-state index in [2.05, 4.69) is 20.7 Å². The number of anilines is 2. The molecule has 0 atom stereocenters. The minimum absolute atomic E-state index is 0.0984. The van der Waals surface area contributed by atoms with Crippen molar-refractivity contribution in [2.75, 3.05) is 37.4 Å². The van der Waals surface area contributed by atoms with Gasteiger partial charge in [0, 0.05) is 18.5 Å². The van der Waals surface area contributed by atoms with Crippen molar-refractivity contribution in [3.8, 4) is 0 Å². The molecule has 0 saturated heterocycles. The summed E-state index contributed by atoms with van der Waals surface area (Å²) in [6, 6.07) is 5.27. The van der Waals surface area contributed by atoms with E-state index in [0.717, 1.165) is 0 Å². The van der Waals surface area contributed by atoms with Crippen LogP contribution in [0.4, 0.5) is 29.3 Å². The number of carbonyl (C=O) groups excluding carboxylic acids is 3. The largest absolute Gasteiger partial charge is 0.405 e. The van der Waals surface area contributed by atoms with E-state index in [1.807, 2.05) is 0 Å². The van der Waals surface area contributed by atoms with Crippen molar-refractivity contribution >= 4 is 29.2 Å². The Morgan fingerprint density at radius 2 is 1.52 bits per heavy atom. The fourth-order valence-electron chi connectivity index (χ4n) is 1.56. The third kappa shape index (κ3) is 9.15. The van der Waals surface area contributed by atoms with Crippen LogP contribution in [-0.4, -0.2) is 50.8 Å². The van der Waals surface area contributed by atoms with Crippen LogP contribution >= 0.6 is 0 Å². The fraction of sp³-hybridized carbons (Fsp3) is 0.357. The van der Waals surface area contributed by atoms with Crippen molar-refractivity contribution in [2.24, 2.45) is 0 Å². The number of benzene rings is 1. The minimum Gasteiger partial charge on any atom is -0.375 e. The number of halogens is 3. The van der Waals surface area contributed by atoms with Crippen molar-refractivity contribution in [1.82, 2.24) is 10.6 Å². The first-order valence-electron chi connectivity index (χ1n) is 6.97. The second-order valence-electron chi connectivity index (χ2n) is 4.76. The molecular formula is C14H17F3N4O4. The number of alkyl halides is 3. The summed E-state index contributed by atoms with van der Waals surface area (Å²) >= 11 is 0. The highest BCUT2D eigenvalue weighted by atomic mass is 19.4. The van der Waals surface area contributed by atoms with E-state index in [1.54, 1.807) is 5.32 Å². The molecule has 138 valence electrons. The summed E-state index contributed by atoms with van der Waals surface area (Å²) in [5.74, 6) is -1.31. The lowest BCUT2D eigenvalue weighted by Crippen LogP contribution is -2.42. The van der Waals surface area contributed by atoms with Crippen LogP contribution in [0, 0.1) is 0 Å². The normalized spacial score (nSPS) is 10.7. The quantitative estimate of drug-likeness (QED) is 0.582. The summed E-state index contributed by atoms with van der Waals surface area (Å²) in [5.41, 5.74) is 0.845. The lowest BCUT2D eigenvalue weighted by Gasteiger charge is -2.10. The van der Waals surface area contributed by atoms with Gasteiger partial charge < -0.3 is 26.0 Å². The molecule has 25 heavy (non-hydrogen) atoms. The third-order valence-corrected chi connectivity index (χ3v) is 2.60. The maximum Gasteiger partial charge on any atom is 0.405 e. The van der Waals surface area contributed by atoms with Crippen LogP contribution < -0.4 is 21.3 Å². The molecule has 8 nitrogen and oxygen atoms in total. The predicted octanol–water partition coefficient (Wildman–Crippen LogP) is 1.07. The molecule has 0 aliphatic carbocycles. The number of amides is 4. The molecule has 0 bridgehead atoms. The Morgan fingerprint density at radius 1 is 0.960 bits per heavy atom. The van der Waals surface area contributed by atoms with Crippen molar-refractivity contribution < 1.29 is 32.3 Å². The Balaban J connectivity index is 2.37. The number of nitrogens with one attached hydrogen (secondary N) is 4. The van der Waals surface area contributed by atoms with Crippen LogP contribution in [0.1, 0.15) is 0 Å². The van der Waals surface area contributed by atoms with Crippen LogP contribution in [-0.2, 0) is 14.3 Å². The summed E-state index contributed by atoms with van der Waals surface area (Å²) in [7, 11) is 1.38. The molecule has 1 aromatic rings. The van der Waals surface area contributed by atoms with Crippen LogP contribution in [0.15, 0.2) is 24.3 Å². The van der Waals surface area contributed by atoms with E-state index >= 15 is 0 Å². The van der Waals surface area contributed by atoms with E-state index < -0.39 is 31.2 Å². The topological polar surface area (TPSA) is 109 Å². The standard InChI is InChI=1S/C14H17F3N4O4/c1-25-7-12(23)20-9-2-4-10(5-3-9)21-13(24)18-6-11(22)19-8-14(15,16)17/h2-5H,6-8H2,1H3,(H,19,22)(H,20,23)(H2,18,21,24). The van der Waals surface area contributed by atoms with Gasteiger partial charge in [-0.15, -0.1) is 0 Å². The van der Waals surface area contributed by atoms with Crippen LogP contribution in [0.2, 0.25) is 0 Å². The Hall–Kier alpha value is -2.82. The van der Waals surface area contributed by atoms with E-state index in [9.17, 15) is 27.6 Å². The van der Waals surface area contributed by atoms with Crippen LogP contribution in [0.5, 0.6) is 0 Å². The summed E-state index contributed by atoms with van der Waals surface area (Å²) in [6.07, 6.45) is -4.52. The van der Waals surface area contributed by atoms with E-state index in [-0.39, 0.29) is 12.5 Å². The molecule has 0 saturated carbocycles. The molecule has 0 fully saturated rings. The summed E-state index contributed by atoms with van der Waals surface area (Å²) in [5, 5.41) is 8.67. The molecule has 0 unspecified atom stereocenters. The zero-order valence-electron chi connectivity index (χ0n) is 13.2. The molecule has 0 spiro atoms. The monoisotopic (exact) mass is 362 g/mol. The summed E-state index contributed by atoms with van der Waals surface area (Å²) < 4.78 is 40.4. The summed E-state index contributed by atoms with van der Waals surface area (Å²) in [4.78, 5) is 34.0. The first-order valence-corrected chi connectivity index (χ1v) is 6.97. The van der Waals surface area contributed by atoms with Gasteiger partial charge in [-0.25, -0.2) is 4.79 Å². The maximum absolute atomic E-state index is 11.9. The van der Waals surface area contributed by atoms with Gasteiger partial charge >= 0.3 is 12.2 Å². The molecule has 1 rings (SSSR count). The van der Waals surface area contributed by atoms with Crippen molar-refractivity contribution in [1.29, 1.82) is 0 Å². The number of ether oxygens (including phenoxy) is 1. The van der Waals surface area contributed by atoms with Gasteiger partial charge in [0.25, 0.3) is 0 Å². The molecule has 0 heterocycles. The Kier molecular flexibility index (Phi) is 7.66. The summed E-state index contributed by atoms with van der Waals surface area (Å²) in [6.45, 7) is -2.17. The lowest BCUT2D eigenvalue weighted by molar-refractivity contribution is -0.137. The highest BCUT2D eigenvalue weighted by Crippen LogP contribution is 2.13. The maximum atomic E-state index is 11.9. The first-order chi connectivity index (χ1) is 11.7. The molecule has 0 aliphatic heterocycles. The van der Waals surface area contributed by atoms with Gasteiger partial charge in [-0.1, -0.05) is 0 Å². The highest BCUT2D eigenvalue weighted by molar-refractivity contribution is 5.94. The van der Waals surface area contributed by atoms with Gasteiger partial charge in [0.05, 0.1) is 6.54 Å². The van der Waals surface area contributed by atoms with E-state index in [4.69, 9.17) is 0 Å². The van der Waals surface area contributed by atoms with Gasteiger partial charge in [0.2, 0.25) is 11.8 Å². The number of rotatable bonds is 7. The Morgan fingerprint density at radius 3 is 2.04 bits per heavy atom. The predicted molar refractivity (Wildman–Crippen MR) is 83.0 cm³/mol. The SMILES string of the molecule is COCC(=O)Nc1ccc(NC(=O)NCC(=O)NCC(F)(F)F)cc1. The average molecular weight is 362 g/mol. The lowest BCUT2D eigenvalue weighted by atomic mass is 10.3. The molecule has 4 N–H and O–H groups in total. The number of methoxy groups -OCH3 is 1. The zero-order valence-corrected chi connectivity index (χ0v) is 13.2. The van der Waals surface area contributed by atoms with Gasteiger partial charge in [0.15, 0.2) is 0 Å². The van der Waals surface area contributed by atoms with Gasteiger partial charge in [-0.2, -0.15) is 13.2 Å². The number of hydrogen-bond donors (Lipinski definition) is 4. The fourth-order valence-corrected chi connectivity index (χ4v) is 1.56. The Bertz CT molecular complexity index is 605. The first kappa shape index (κ1) is 20.2. The Labute approximate surface area is 141 Å². The molecule has 11 heteroatoms. The average Bonchev–Trinajstić information content (AvgIpc) is 2.52. The number of carbonyl (C=O) groups is 3. The van der Waals surface area contributed by atoms with Gasteiger partial charge in [-0.05, 0) is 24.3 Å². The van der Waals surface area contributed by atoms with Crippen molar-refractivity contribution in [3.05, 3.63) is 24.3 Å². The minimum atomic E-state index is -4.52. The van der Waals surface area contributed by atoms with Crippen LogP contribution in [0.3, 0.4) is 0 Å². The van der Waals surface area contributed by atoms with E-state index in [1.165, 1.54) is 31.4 Å². The van der Waals surface area contributed by atoms with Gasteiger partial charge in [-0.3, -0.25) is 9.59 Å². The third-order valence-electron chi connectivity index (χ3n) is 2.60. The highest BCUT2D eigenvalue weighted by Gasteiger charge is 2.27. The van der Waals surface area contributed by atoms with E-state index in [0.29, 0.717) is 11.4 Å². The van der Waals surface area contributed by atoms with Crippen molar-refractivity contribution in [3.63, 3.8) is 0 Å². The molecule has 0 radical (unpaired) electrons. The number of urea groups is 1. The second-order valence-corrected chi connectivity index (χ2v) is 4.76. The number of hydrogen-bond acceptors (Lipinski definition) is 4. The molecule has 1 aromatic carbocycles. The molecule has 4 amide bonds. The molecule has 0 aliphatic rings. The molecular weight excluding hydrogens is 345 g/mol. The van der Waals surface area contributed by atoms with Crippen LogP contribution in [0.25, 0.3) is 0 Å². The van der Waals surface area contributed by atoms with Gasteiger partial charge in [0.1, 0.15) is 13.2 Å². The zero-order chi connectivity index (χ0) is 18.9. The molecule has 0 aromatic heterocycles. The second kappa shape index (κ2) is 9.47. The smallest absolute Gasteiger partial charge is 0.375 e.